The Kier molecular flexibility index (Phi) is 4.27. The Hall–Kier alpha value is -2.76. The molecule has 3 amide bonds. The summed E-state index contributed by atoms with van der Waals surface area (Å²) in [5, 5.41) is 14.6. The summed E-state index contributed by atoms with van der Waals surface area (Å²) in [6, 6.07) is 2.77. The van der Waals surface area contributed by atoms with Crippen molar-refractivity contribution < 1.29 is 19.4 Å². The van der Waals surface area contributed by atoms with E-state index in [0.29, 0.717) is 29.9 Å². The maximum Gasteiger partial charge on any atom is 0.326 e. The number of ether oxygens (including phenoxy) is 1. The van der Waals surface area contributed by atoms with Crippen molar-refractivity contribution in [3.8, 4) is 11.5 Å². The normalized spacial score (nSPS) is 15.8. The summed E-state index contributed by atoms with van der Waals surface area (Å²) in [4.78, 5) is 22.6. The predicted molar refractivity (Wildman–Crippen MR) is 77.8 cm³/mol. The fraction of sp³-hybridized carbons (Fsp3) is 0.200. The third-order valence-corrected chi connectivity index (χ3v) is 2.87. The van der Waals surface area contributed by atoms with Crippen molar-refractivity contribution in [3.63, 3.8) is 0 Å². The number of urea groups is 1. The monoisotopic (exact) mass is 288 g/mol. The maximum absolute atomic E-state index is 11.5. The number of imide groups is 1. The van der Waals surface area contributed by atoms with Crippen molar-refractivity contribution in [2.75, 3.05) is 6.61 Å². The smallest absolute Gasteiger partial charge is 0.326 e. The second-order valence-corrected chi connectivity index (χ2v) is 4.42. The van der Waals surface area contributed by atoms with Gasteiger partial charge in [0.05, 0.1) is 6.61 Å². The lowest BCUT2D eigenvalue weighted by Gasteiger charge is -2.11. The highest BCUT2D eigenvalue weighted by Gasteiger charge is 2.23. The molecule has 1 saturated heterocycles. The summed E-state index contributed by atoms with van der Waals surface area (Å²) in [7, 11) is 0. The molecule has 0 unspecified atom stereocenters. The summed E-state index contributed by atoms with van der Waals surface area (Å²) >= 11 is 0. The van der Waals surface area contributed by atoms with Crippen LogP contribution in [0.4, 0.5) is 4.79 Å². The third-order valence-electron chi connectivity index (χ3n) is 2.87. The maximum atomic E-state index is 11.5. The van der Waals surface area contributed by atoms with E-state index in [-0.39, 0.29) is 11.4 Å². The Morgan fingerprint density at radius 2 is 2.10 bits per heavy atom. The first kappa shape index (κ1) is 14.6. The molecule has 0 atom stereocenters. The summed E-state index contributed by atoms with van der Waals surface area (Å²) in [5.74, 6) is -0.108. The van der Waals surface area contributed by atoms with E-state index >= 15 is 0 Å². The Labute approximate surface area is 122 Å². The summed E-state index contributed by atoms with van der Waals surface area (Å²) in [6.45, 7) is 5.85. The van der Waals surface area contributed by atoms with E-state index in [1.165, 1.54) is 6.08 Å². The van der Waals surface area contributed by atoms with Crippen molar-refractivity contribution in [2.45, 2.75) is 13.3 Å². The molecular formula is C15H16N2O4. The second kappa shape index (κ2) is 6.13. The Morgan fingerprint density at radius 3 is 2.67 bits per heavy atom. The SMILES string of the molecule is C=CCc1cc(/C=C2/NC(=O)NC2=O)cc(OCC)c1O. The molecule has 0 aromatic heterocycles. The molecule has 6 nitrogen and oxygen atoms in total. The van der Waals surface area contributed by atoms with Crippen molar-refractivity contribution in [3.05, 3.63) is 41.6 Å². The van der Waals surface area contributed by atoms with E-state index in [1.54, 1.807) is 18.2 Å². The van der Waals surface area contributed by atoms with Gasteiger partial charge in [-0.05, 0) is 37.1 Å². The molecule has 110 valence electrons. The first-order valence-electron chi connectivity index (χ1n) is 6.48. The molecule has 0 bridgehead atoms. The highest BCUT2D eigenvalue weighted by atomic mass is 16.5. The standard InChI is InChI=1S/C15H16N2O4/c1-3-5-10-6-9(8-12(13(10)18)21-4-2)7-11-14(19)17-15(20)16-11/h3,6-8,18H,1,4-5H2,2H3,(H2,16,17,19,20)/b11-7+. The van der Waals surface area contributed by atoms with Gasteiger partial charge in [-0.2, -0.15) is 0 Å². The summed E-state index contributed by atoms with van der Waals surface area (Å²) in [5.41, 5.74) is 1.42. The van der Waals surface area contributed by atoms with Gasteiger partial charge in [-0.25, -0.2) is 4.79 Å². The molecule has 1 aromatic rings. The first-order chi connectivity index (χ1) is 10.0. The van der Waals surface area contributed by atoms with Crippen LogP contribution in [-0.2, 0) is 11.2 Å². The van der Waals surface area contributed by atoms with Crippen LogP contribution in [0.15, 0.2) is 30.5 Å². The molecule has 1 aliphatic heterocycles. The van der Waals surface area contributed by atoms with E-state index in [2.05, 4.69) is 17.2 Å². The van der Waals surface area contributed by atoms with Crippen LogP contribution in [0.1, 0.15) is 18.1 Å². The second-order valence-electron chi connectivity index (χ2n) is 4.42. The molecule has 6 heteroatoms. The zero-order chi connectivity index (χ0) is 15.4. The number of rotatable bonds is 5. The molecule has 0 aliphatic carbocycles. The lowest BCUT2D eigenvalue weighted by Crippen LogP contribution is -2.22. The van der Waals surface area contributed by atoms with Gasteiger partial charge in [-0.1, -0.05) is 6.08 Å². The molecule has 0 radical (unpaired) electrons. The molecule has 1 fully saturated rings. The minimum absolute atomic E-state index is 0.0545. The van der Waals surface area contributed by atoms with Crippen LogP contribution in [0.5, 0.6) is 11.5 Å². The first-order valence-corrected chi connectivity index (χ1v) is 6.48. The van der Waals surface area contributed by atoms with Gasteiger partial charge in [-0.15, -0.1) is 6.58 Å². The Balaban J connectivity index is 2.43. The number of benzene rings is 1. The molecule has 0 spiro atoms. The molecule has 1 aromatic carbocycles. The van der Waals surface area contributed by atoms with Crippen molar-refractivity contribution in [2.24, 2.45) is 0 Å². The number of carbonyl (C=O) groups excluding carboxylic acids is 2. The van der Waals surface area contributed by atoms with Gasteiger partial charge in [0.25, 0.3) is 5.91 Å². The van der Waals surface area contributed by atoms with Crippen LogP contribution in [0.2, 0.25) is 0 Å². The number of allylic oxidation sites excluding steroid dienone is 1. The summed E-state index contributed by atoms with van der Waals surface area (Å²) in [6.07, 6.45) is 3.64. The highest BCUT2D eigenvalue weighted by Crippen LogP contribution is 2.33. The van der Waals surface area contributed by atoms with Gasteiger partial charge >= 0.3 is 6.03 Å². The highest BCUT2D eigenvalue weighted by molar-refractivity contribution is 6.14. The van der Waals surface area contributed by atoms with E-state index in [1.807, 2.05) is 6.92 Å². The van der Waals surface area contributed by atoms with Crippen LogP contribution in [0, 0.1) is 0 Å². The van der Waals surface area contributed by atoms with Gasteiger partial charge in [-0.3, -0.25) is 10.1 Å². The van der Waals surface area contributed by atoms with E-state index < -0.39 is 11.9 Å². The quantitative estimate of drug-likeness (QED) is 0.437. The average molecular weight is 288 g/mol. The zero-order valence-corrected chi connectivity index (χ0v) is 11.6. The van der Waals surface area contributed by atoms with Gasteiger partial charge < -0.3 is 15.2 Å². The van der Waals surface area contributed by atoms with Crippen molar-refractivity contribution in [1.29, 1.82) is 0 Å². The number of amides is 3. The fourth-order valence-electron chi connectivity index (χ4n) is 2.00. The van der Waals surface area contributed by atoms with Gasteiger partial charge in [0.2, 0.25) is 0 Å². The lowest BCUT2D eigenvalue weighted by molar-refractivity contribution is -0.115. The lowest BCUT2D eigenvalue weighted by atomic mass is 10.0. The van der Waals surface area contributed by atoms with Crippen LogP contribution >= 0.6 is 0 Å². The van der Waals surface area contributed by atoms with E-state index in [4.69, 9.17) is 4.74 Å². The molecular weight excluding hydrogens is 272 g/mol. The van der Waals surface area contributed by atoms with Crippen molar-refractivity contribution >= 4 is 18.0 Å². The molecule has 3 N–H and O–H groups in total. The number of hydrogen-bond acceptors (Lipinski definition) is 4. The number of nitrogens with one attached hydrogen (secondary N) is 2. The van der Waals surface area contributed by atoms with Crippen LogP contribution in [0.25, 0.3) is 6.08 Å². The zero-order valence-electron chi connectivity index (χ0n) is 11.6. The predicted octanol–water partition coefficient (Wildman–Crippen LogP) is 1.70. The molecule has 21 heavy (non-hydrogen) atoms. The third kappa shape index (κ3) is 3.22. The topological polar surface area (TPSA) is 87.7 Å². The number of carbonyl (C=O) groups is 2. The molecule has 0 saturated carbocycles. The minimum atomic E-state index is -0.554. The van der Waals surface area contributed by atoms with E-state index in [9.17, 15) is 14.7 Å². The van der Waals surface area contributed by atoms with Crippen LogP contribution < -0.4 is 15.4 Å². The molecule has 1 aliphatic rings. The largest absolute Gasteiger partial charge is 0.504 e. The summed E-state index contributed by atoms with van der Waals surface area (Å²) < 4.78 is 5.38. The number of phenols is 1. The number of phenolic OH excluding ortho intramolecular Hbond substituents is 1. The molecule has 2 rings (SSSR count). The molecule has 1 heterocycles. The Bertz CT molecular complexity index is 635. The average Bonchev–Trinajstić information content (AvgIpc) is 2.74. The van der Waals surface area contributed by atoms with Gasteiger partial charge in [0, 0.05) is 5.56 Å². The Morgan fingerprint density at radius 1 is 1.33 bits per heavy atom. The van der Waals surface area contributed by atoms with Gasteiger partial charge in [0.15, 0.2) is 11.5 Å². The van der Waals surface area contributed by atoms with E-state index in [0.717, 1.165) is 0 Å². The number of hydrogen-bond donors (Lipinski definition) is 3. The van der Waals surface area contributed by atoms with Crippen LogP contribution in [-0.4, -0.2) is 23.7 Å². The van der Waals surface area contributed by atoms with Crippen molar-refractivity contribution in [1.82, 2.24) is 10.6 Å². The number of aromatic hydroxyl groups is 1. The van der Waals surface area contributed by atoms with Gasteiger partial charge in [0.1, 0.15) is 5.70 Å². The van der Waals surface area contributed by atoms with Crippen LogP contribution in [0.3, 0.4) is 0 Å². The minimum Gasteiger partial charge on any atom is -0.504 e. The fourth-order valence-corrected chi connectivity index (χ4v) is 2.00.